The maximum absolute atomic E-state index is 13.4. The zero-order valence-corrected chi connectivity index (χ0v) is 11.2. The van der Waals surface area contributed by atoms with Gasteiger partial charge in [-0.2, -0.15) is 0 Å². The van der Waals surface area contributed by atoms with Crippen LogP contribution in [0.25, 0.3) is 0 Å². The molecule has 1 heterocycles. The van der Waals surface area contributed by atoms with Crippen molar-refractivity contribution in [1.82, 2.24) is 9.13 Å². The van der Waals surface area contributed by atoms with E-state index in [4.69, 9.17) is 0 Å². The van der Waals surface area contributed by atoms with Crippen LogP contribution in [0.2, 0.25) is 0 Å². The van der Waals surface area contributed by atoms with E-state index >= 15 is 0 Å². The number of anilines is 1. The number of hydrogen-bond donors (Lipinski definition) is 1. The summed E-state index contributed by atoms with van der Waals surface area (Å²) in [5, 5.41) is 2.87. The van der Waals surface area contributed by atoms with Crippen molar-refractivity contribution in [2.75, 3.05) is 11.9 Å². The molecular weight excluding hydrogens is 261 g/mol. The number of nitrogens with zero attached hydrogens (tertiary/aromatic N) is 2. The third kappa shape index (κ3) is 2.96. The summed E-state index contributed by atoms with van der Waals surface area (Å²) < 4.78 is 16.0. The van der Waals surface area contributed by atoms with Crippen molar-refractivity contribution in [2.45, 2.75) is 20.0 Å². The molecule has 0 aliphatic rings. The minimum absolute atomic E-state index is 0.187. The van der Waals surface area contributed by atoms with Gasteiger partial charge < -0.3 is 9.88 Å². The minimum atomic E-state index is -0.362. The Balaban J connectivity index is 2.11. The van der Waals surface area contributed by atoms with Gasteiger partial charge in [-0.3, -0.25) is 9.36 Å². The minimum Gasteiger partial charge on any atom is -0.381 e. The summed E-state index contributed by atoms with van der Waals surface area (Å²) in [7, 11) is 0. The van der Waals surface area contributed by atoms with Crippen molar-refractivity contribution >= 4 is 5.69 Å². The third-order valence-electron chi connectivity index (χ3n) is 3.01. The standard InChI is InChI=1S/C14H16FN3O2/c1-2-17-9-7-13(19)18(14(17)20)10-8-16-12-6-4-3-5-11(12)15/h3-7,9,16H,2,8,10H2,1H3. The number of nitrogens with one attached hydrogen (secondary N) is 1. The molecule has 0 unspecified atom stereocenters. The number of rotatable bonds is 5. The molecule has 0 aliphatic carbocycles. The molecule has 0 saturated heterocycles. The molecule has 0 fully saturated rings. The van der Waals surface area contributed by atoms with E-state index in [1.807, 2.05) is 6.92 Å². The lowest BCUT2D eigenvalue weighted by Gasteiger charge is -2.10. The lowest BCUT2D eigenvalue weighted by Crippen LogP contribution is -2.40. The molecule has 0 saturated carbocycles. The number of aromatic nitrogens is 2. The van der Waals surface area contributed by atoms with Crippen LogP contribution in [0.1, 0.15) is 6.92 Å². The van der Waals surface area contributed by atoms with Gasteiger partial charge in [0.2, 0.25) is 0 Å². The predicted octanol–water partition coefficient (Wildman–Crippen LogP) is 1.28. The van der Waals surface area contributed by atoms with Crippen molar-refractivity contribution in [3.63, 3.8) is 0 Å². The molecule has 0 amide bonds. The fourth-order valence-corrected chi connectivity index (χ4v) is 1.91. The van der Waals surface area contributed by atoms with Gasteiger partial charge in [-0.15, -0.1) is 0 Å². The molecule has 6 heteroatoms. The molecule has 0 bridgehead atoms. The van der Waals surface area contributed by atoms with Crippen LogP contribution in [0.15, 0.2) is 46.1 Å². The van der Waals surface area contributed by atoms with Crippen LogP contribution < -0.4 is 16.6 Å². The second kappa shape index (κ2) is 6.18. The Kier molecular flexibility index (Phi) is 4.34. The largest absolute Gasteiger partial charge is 0.381 e. The summed E-state index contributed by atoms with van der Waals surface area (Å²) >= 11 is 0. The van der Waals surface area contributed by atoms with Gasteiger partial charge in [0, 0.05) is 31.9 Å². The van der Waals surface area contributed by atoms with Gasteiger partial charge in [-0.05, 0) is 19.1 Å². The first kappa shape index (κ1) is 14.0. The summed E-state index contributed by atoms with van der Waals surface area (Å²) in [6.45, 7) is 2.81. The van der Waals surface area contributed by atoms with E-state index in [-0.39, 0.29) is 23.6 Å². The van der Waals surface area contributed by atoms with Crippen molar-refractivity contribution < 1.29 is 4.39 Å². The van der Waals surface area contributed by atoms with Gasteiger partial charge in [-0.1, -0.05) is 12.1 Å². The molecule has 20 heavy (non-hydrogen) atoms. The molecule has 1 N–H and O–H groups in total. The van der Waals surface area contributed by atoms with Gasteiger partial charge in [-0.25, -0.2) is 9.18 Å². The second-order valence-electron chi connectivity index (χ2n) is 4.28. The maximum atomic E-state index is 13.4. The number of para-hydroxylation sites is 1. The van der Waals surface area contributed by atoms with E-state index in [1.165, 1.54) is 22.9 Å². The lowest BCUT2D eigenvalue weighted by atomic mass is 10.3. The summed E-state index contributed by atoms with van der Waals surface area (Å²) in [5.41, 5.74) is -0.349. The number of aryl methyl sites for hydroxylation is 1. The molecule has 5 nitrogen and oxygen atoms in total. The predicted molar refractivity (Wildman–Crippen MR) is 75.5 cm³/mol. The van der Waals surface area contributed by atoms with Gasteiger partial charge >= 0.3 is 5.69 Å². The monoisotopic (exact) mass is 277 g/mol. The van der Waals surface area contributed by atoms with E-state index < -0.39 is 0 Å². The molecule has 0 radical (unpaired) electrons. The SMILES string of the molecule is CCn1ccc(=O)n(CCNc2ccccc2F)c1=O. The zero-order chi connectivity index (χ0) is 14.5. The summed E-state index contributed by atoms with van der Waals surface area (Å²) in [6.07, 6.45) is 1.48. The first-order valence-electron chi connectivity index (χ1n) is 6.42. The summed E-state index contributed by atoms with van der Waals surface area (Å²) in [5.74, 6) is -0.362. The normalized spacial score (nSPS) is 10.5. The molecular formula is C14H16FN3O2. The van der Waals surface area contributed by atoms with Crippen molar-refractivity contribution in [2.24, 2.45) is 0 Å². The summed E-state index contributed by atoms with van der Waals surface area (Å²) in [4.78, 5) is 23.6. The first-order chi connectivity index (χ1) is 9.63. The fraction of sp³-hybridized carbons (Fsp3) is 0.286. The smallest absolute Gasteiger partial charge is 0.331 e. The van der Waals surface area contributed by atoms with Crippen LogP contribution in [-0.4, -0.2) is 15.7 Å². The van der Waals surface area contributed by atoms with E-state index in [9.17, 15) is 14.0 Å². The molecule has 0 spiro atoms. The Morgan fingerprint density at radius 1 is 1.20 bits per heavy atom. The fourth-order valence-electron chi connectivity index (χ4n) is 1.91. The molecule has 1 aromatic carbocycles. The second-order valence-corrected chi connectivity index (χ2v) is 4.28. The van der Waals surface area contributed by atoms with Crippen LogP contribution in [-0.2, 0) is 13.1 Å². The average molecular weight is 277 g/mol. The molecule has 0 aliphatic heterocycles. The molecule has 2 rings (SSSR count). The quantitative estimate of drug-likeness (QED) is 0.895. The van der Waals surface area contributed by atoms with Crippen molar-refractivity contribution in [3.05, 3.63) is 63.2 Å². The van der Waals surface area contributed by atoms with E-state index in [2.05, 4.69) is 5.32 Å². The highest BCUT2D eigenvalue weighted by atomic mass is 19.1. The van der Waals surface area contributed by atoms with E-state index in [0.29, 0.717) is 18.8 Å². The van der Waals surface area contributed by atoms with Crippen LogP contribution in [0.3, 0.4) is 0 Å². The Bertz CT molecular complexity index is 706. The number of benzene rings is 1. The molecule has 2 aromatic rings. The highest BCUT2D eigenvalue weighted by Gasteiger charge is 2.04. The topological polar surface area (TPSA) is 56.0 Å². The summed E-state index contributed by atoms with van der Waals surface area (Å²) in [6, 6.07) is 7.62. The maximum Gasteiger partial charge on any atom is 0.331 e. The third-order valence-corrected chi connectivity index (χ3v) is 3.01. The van der Waals surface area contributed by atoms with Crippen LogP contribution in [0, 0.1) is 5.82 Å². The highest BCUT2D eigenvalue weighted by Crippen LogP contribution is 2.11. The molecule has 106 valence electrons. The number of halogens is 1. The Morgan fingerprint density at radius 2 is 1.95 bits per heavy atom. The van der Waals surface area contributed by atoms with Crippen LogP contribution in [0.4, 0.5) is 10.1 Å². The van der Waals surface area contributed by atoms with E-state index in [0.717, 1.165) is 4.57 Å². The Morgan fingerprint density at radius 3 is 2.65 bits per heavy atom. The lowest BCUT2D eigenvalue weighted by molar-refractivity contribution is 0.575. The molecule has 1 aromatic heterocycles. The number of hydrogen-bond acceptors (Lipinski definition) is 3. The van der Waals surface area contributed by atoms with Crippen molar-refractivity contribution in [3.8, 4) is 0 Å². The zero-order valence-electron chi connectivity index (χ0n) is 11.2. The van der Waals surface area contributed by atoms with Gasteiger partial charge in [0.25, 0.3) is 5.56 Å². The van der Waals surface area contributed by atoms with Gasteiger partial charge in [0.1, 0.15) is 5.82 Å². The Hall–Kier alpha value is -2.37. The van der Waals surface area contributed by atoms with Crippen molar-refractivity contribution in [1.29, 1.82) is 0 Å². The Labute approximate surface area is 115 Å². The highest BCUT2D eigenvalue weighted by molar-refractivity contribution is 5.44. The van der Waals surface area contributed by atoms with Gasteiger partial charge in [0.15, 0.2) is 0 Å². The van der Waals surface area contributed by atoms with E-state index in [1.54, 1.807) is 18.2 Å². The average Bonchev–Trinajstić information content (AvgIpc) is 2.44. The molecule has 0 atom stereocenters. The van der Waals surface area contributed by atoms with Gasteiger partial charge in [0.05, 0.1) is 5.69 Å². The van der Waals surface area contributed by atoms with Crippen LogP contribution >= 0.6 is 0 Å². The first-order valence-corrected chi connectivity index (χ1v) is 6.42. The van der Waals surface area contributed by atoms with Crippen LogP contribution in [0.5, 0.6) is 0 Å².